The molecule has 0 amide bonds. The van der Waals surface area contributed by atoms with E-state index in [0.29, 0.717) is 6.42 Å². The van der Waals surface area contributed by atoms with Crippen LogP contribution in [0, 0.1) is 5.41 Å². The molecule has 0 bridgehead atoms. The number of carbonyl (C=O) groups is 1. The topological polar surface area (TPSA) is 37.3 Å². The molecule has 2 rings (SSSR count). The summed E-state index contributed by atoms with van der Waals surface area (Å²) in [6.07, 6.45) is 8.10. The fraction of sp³-hybridized carbons (Fsp3) is 0.643. The third-order valence-electron chi connectivity index (χ3n) is 3.91. The fourth-order valence-corrected chi connectivity index (χ4v) is 4.46. The molecule has 0 unspecified atom stereocenters. The molecule has 1 saturated carbocycles. The summed E-state index contributed by atoms with van der Waals surface area (Å²) in [7, 11) is 0. The number of hydrogen-bond acceptors (Lipinski definition) is 2. The first-order valence-electron chi connectivity index (χ1n) is 6.60. The van der Waals surface area contributed by atoms with E-state index in [2.05, 4.69) is 22.0 Å². The van der Waals surface area contributed by atoms with E-state index in [-0.39, 0.29) is 0 Å². The maximum atomic E-state index is 11.7. The van der Waals surface area contributed by atoms with Crippen LogP contribution in [0.1, 0.15) is 49.8 Å². The molecule has 1 aromatic heterocycles. The van der Waals surface area contributed by atoms with Crippen LogP contribution < -0.4 is 0 Å². The smallest absolute Gasteiger partial charge is 0.309 e. The number of halogens is 1. The minimum Gasteiger partial charge on any atom is -0.481 e. The van der Waals surface area contributed by atoms with E-state index in [4.69, 9.17) is 0 Å². The van der Waals surface area contributed by atoms with Crippen molar-refractivity contribution in [3.05, 3.63) is 20.8 Å². The standard InChI is InChI=1S/C14H19BrO2S/c15-12-7-6-11(18-12)10-14(13(16)17)8-4-2-1-3-5-9-14/h6-7H,1-5,8-10H2,(H,16,17). The molecule has 100 valence electrons. The van der Waals surface area contributed by atoms with Crippen molar-refractivity contribution in [1.82, 2.24) is 0 Å². The fourth-order valence-electron chi connectivity index (χ4n) is 2.83. The molecule has 1 fully saturated rings. The molecule has 0 radical (unpaired) electrons. The van der Waals surface area contributed by atoms with Gasteiger partial charge < -0.3 is 5.11 Å². The summed E-state index contributed by atoms with van der Waals surface area (Å²) >= 11 is 5.11. The number of carboxylic acids is 1. The van der Waals surface area contributed by atoms with Crippen molar-refractivity contribution in [1.29, 1.82) is 0 Å². The third kappa shape index (κ3) is 3.35. The first kappa shape index (κ1) is 14.1. The molecule has 1 aromatic rings. The summed E-state index contributed by atoms with van der Waals surface area (Å²) < 4.78 is 1.09. The molecule has 0 aromatic carbocycles. The summed E-state index contributed by atoms with van der Waals surface area (Å²) in [6.45, 7) is 0. The molecule has 1 aliphatic rings. The van der Waals surface area contributed by atoms with Crippen LogP contribution in [0.3, 0.4) is 0 Å². The van der Waals surface area contributed by atoms with Gasteiger partial charge in [0.25, 0.3) is 0 Å². The predicted molar refractivity (Wildman–Crippen MR) is 78.1 cm³/mol. The maximum absolute atomic E-state index is 11.7. The minimum absolute atomic E-state index is 0.523. The van der Waals surface area contributed by atoms with E-state index < -0.39 is 11.4 Å². The quantitative estimate of drug-likeness (QED) is 0.858. The third-order valence-corrected chi connectivity index (χ3v) is 5.53. The van der Waals surface area contributed by atoms with E-state index in [1.54, 1.807) is 11.3 Å². The average molecular weight is 331 g/mol. The van der Waals surface area contributed by atoms with Gasteiger partial charge in [-0.3, -0.25) is 4.79 Å². The van der Waals surface area contributed by atoms with Crippen molar-refractivity contribution in [2.45, 2.75) is 51.4 Å². The van der Waals surface area contributed by atoms with Gasteiger partial charge in [-0.05, 0) is 47.3 Å². The second-order valence-electron chi connectivity index (χ2n) is 5.24. The minimum atomic E-state index is -0.603. The van der Waals surface area contributed by atoms with Gasteiger partial charge in [-0.25, -0.2) is 0 Å². The Hall–Kier alpha value is -0.350. The highest BCUT2D eigenvalue weighted by Crippen LogP contribution is 2.39. The number of aliphatic carboxylic acids is 1. The molecule has 4 heteroatoms. The Morgan fingerprint density at radius 2 is 1.83 bits per heavy atom. The second kappa shape index (κ2) is 6.20. The molecular formula is C14H19BrO2S. The van der Waals surface area contributed by atoms with E-state index in [9.17, 15) is 9.90 Å². The number of carboxylic acid groups (broad SMARTS) is 1. The molecular weight excluding hydrogens is 312 g/mol. The van der Waals surface area contributed by atoms with Gasteiger partial charge in [-0.1, -0.05) is 32.1 Å². The van der Waals surface area contributed by atoms with Gasteiger partial charge in [0.05, 0.1) is 9.20 Å². The van der Waals surface area contributed by atoms with E-state index in [0.717, 1.165) is 29.5 Å². The predicted octanol–water partition coefficient (Wildman–Crippen LogP) is 4.87. The van der Waals surface area contributed by atoms with Crippen LogP contribution in [0.15, 0.2) is 15.9 Å². The lowest BCUT2D eigenvalue weighted by atomic mass is 9.73. The lowest BCUT2D eigenvalue weighted by Gasteiger charge is -2.30. The lowest BCUT2D eigenvalue weighted by molar-refractivity contribution is -0.150. The Bertz CT molecular complexity index is 406. The van der Waals surface area contributed by atoms with Gasteiger partial charge in [0.2, 0.25) is 0 Å². The summed E-state index contributed by atoms with van der Waals surface area (Å²) in [6, 6.07) is 4.07. The monoisotopic (exact) mass is 330 g/mol. The molecule has 1 heterocycles. The number of hydrogen-bond donors (Lipinski definition) is 1. The van der Waals surface area contributed by atoms with E-state index >= 15 is 0 Å². The summed E-state index contributed by atoms with van der Waals surface area (Å²) in [5, 5.41) is 9.67. The highest BCUT2D eigenvalue weighted by atomic mass is 79.9. The Labute approximate surface area is 121 Å². The van der Waals surface area contributed by atoms with Gasteiger partial charge in [-0.15, -0.1) is 11.3 Å². The Balaban J connectivity index is 2.16. The highest BCUT2D eigenvalue weighted by Gasteiger charge is 2.38. The Kier molecular flexibility index (Phi) is 4.84. The van der Waals surface area contributed by atoms with Crippen molar-refractivity contribution < 1.29 is 9.90 Å². The van der Waals surface area contributed by atoms with Crippen LogP contribution in [0.5, 0.6) is 0 Å². The SMILES string of the molecule is O=C(O)C1(Cc2ccc(Br)s2)CCCCCCC1. The van der Waals surface area contributed by atoms with Gasteiger partial charge in [0.1, 0.15) is 0 Å². The first-order valence-corrected chi connectivity index (χ1v) is 8.21. The molecule has 1 aliphatic carbocycles. The van der Waals surface area contributed by atoms with Gasteiger partial charge in [-0.2, -0.15) is 0 Å². The lowest BCUT2D eigenvalue weighted by Crippen LogP contribution is -2.34. The van der Waals surface area contributed by atoms with E-state index in [1.807, 2.05) is 6.07 Å². The molecule has 0 spiro atoms. The van der Waals surface area contributed by atoms with Crippen molar-refractivity contribution in [2.24, 2.45) is 5.41 Å². The summed E-state index contributed by atoms with van der Waals surface area (Å²) in [4.78, 5) is 12.9. The van der Waals surface area contributed by atoms with Crippen molar-refractivity contribution in [2.75, 3.05) is 0 Å². The van der Waals surface area contributed by atoms with Gasteiger partial charge in [0.15, 0.2) is 0 Å². The van der Waals surface area contributed by atoms with Crippen LogP contribution in [-0.4, -0.2) is 11.1 Å². The molecule has 0 aliphatic heterocycles. The van der Waals surface area contributed by atoms with E-state index in [1.165, 1.54) is 24.1 Å². The average Bonchev–Trinajstić information content (AvgIpc) is 2.67. The zero-order valence-corrected chi connectivity index (χ0v) is 12.9. The summed E-state index contributed by atoms with van der Waals surface area (Å²) in [5.41, 5.74) is -0.523. The second-order valence-corrected chi connectivity index (χ2v) is 7.78. The largest absolute Gasteiger partial charge is 0.481 e. The zero-order valence-electron chi connectivity index (χ0n) is 10.5. The molecule has 18 heavy (non-hydrogen) atoms. The number of thiophene rings is 1. The number of rotatable bonds is 3. The highest BCUT2D eigenvalue weighted by molar-refractivity contribution is 9.11. The normalized spacial score (nSPS) is 20.1. The van der Waals surface area contributed by atoms with Crippen LogP contribution in [0.2, 0.25) is 0 Å². The zero-order chi connectivity index (χ0) is 13.0. The molecule has 2 nitrogen and oxygen atoms in total. The Morgan fingerprint density at radius 3 is 2.33 bits per heavy atom. The van der Waals surface area contributed by atoms with Crippen molar-refractivity contribution in [3.63, 3.8) is 0 Å². The van der Waals surface area contributed by atoms with Crippen LogP contribution in [-0.2, 0) is 11.2 Å². The van der Waals surface area contributed by atoms with Crippen LogP contribution >= 0.6 is 27.3 Å². The van der Waals surface area contributed by atoms with Crippen molar-refractivity contribution >= 4 is 33.2 Å². The van der Waals surface area contributed by atoms with Gasteiger partial charge in [0, 0.05) is 4.88 Å². The molecule has 0 saturated heterocycles. The maximum Gasteiger partial charge on any atom is 0.309 e. The van der Waals surface area contributed by atoms with Gasteiger partial charge >= 0.3 is 5.97 Å². The van der Waals surface area contributed by atoms with Crippen molar-refractivity contribution in [3.8, 4) is 0 Å². The van der Waals surface area contributed by atoms with Crippen LogP contribution in [0.25, 0.3) is 0 Å². The Morgan fingerprint density at radius 1 is 1.22 bits per heavy atom. The first-order chi connectivity index (χ1) is 8.62. The van der Waals surface area contributed by atoms with Crippen LogP contribution in [0.4, 0.5) is 0 Å². The molecule has 0 atom stereocenters. The molecule has 1 N–H and O–H groups in total. The summed E-state index contributed by atoms with van der Waals surface area (Å²) in [5.74, 6) is -0.603.